The molecule has 3 rings (SSSR count). The van der Waals surface area contributed by atoms with Crippen molar-refractivity contribution >= 4 is 34.4 Å². The Hall–Kier alpha value is -3.18. The number of benzene rings is 2. The Kier molecular flexibility index (Phi) is 6.18. The summed E-state index contributed by atoms with van der Waals surface area (Å²) < 4.78 is 0. The molecule has 3 aromatic rings. The maximum atomic E-state index is 6.28. The molecule has 1 heterocycles. The highest BCUT2D eigenvalue weighted by molar-refractivity contribution is 6.31. The van der Waals surface area contributed by atoms with Gasteiger partial charge in [0.15, 0.2) is 0 Å². The fraction of sp³-hybridized carbons (Fsp3) is 0.0952. The van der Waals surface area contributed by atoms with E-state index in [-0.39, 0.29) is 0 Å². The summed E-state index contributed by atoms with van der Waals surface area (Å²) in [5, 5.41) is 9.36. The highest BCUT2D eigenvalue weighted by Gasteiger charge is 2.07. The van der Waals surface area contributed by atoms with Crippen LogP contribution in [0.25, 0.3) is 0 Å². The summed E-state index contributed by atoms with van der Waals surface area (Å²) in [6, 6.07) is 23.0. The van der Waals surface area contributed by atoms with Crippen LogP contribution in [0.4, 0.5) is 11.4 Å². The lowest BCUT2D eigenvalue weighted by Gasteiger charge is -2.07. The summed E-state index contributed by atoms with van der Waals surface area (Å²) in [6.07, 6.45) is 0. The van der Waals surface area contributed by atoms with Crippen LogP contribution in [0, 0.1) is 0 Å². The molecule has 2 N–H and O–H groups in total. The summed E-state index contributed by atoms with van der Waals surface area (Å²) in [4.78, 5) is 4.63. The van der Waals surface area contributed by atoms with Crippen molar-refractivity contribution in [3.63, 3.8) is 0 Å². The van der Waals surface area contributed by atoms with Gasteiger partial charge in [-0.1, -0.05) is 48.0 Å². The van der Waals surface area contributed by atoms with E-state index in [4.69, 9.17) is 11.6 Å². The summed E-state index contributed by atoms with van der Waals surface area (Å²) in [7, 11) is 0. The van der Waals surface area contributed by atoms with Gasteiger partial charge in [-0.05, 0) is 50.2 Å². The first-order valence-electron chi connectivity index (χ1n) is 8.51. The van der Waals surface area contributed by atoms with E-state index in [0.29, 0.717) is 16.4 Å². The van der Waals surface area contributed by atoms with E-state index in [0.717, 1.165) is 22.8 Å². The van der Waals surface area contributed by atoms with Crippen molar-refractivity contribution in [2.45, 2.75) is 13.8 Å². The monoisotopic (exact) mass is 377 g/mol. The van der Waals surface area contributed by atoms with E-state index in [2.05, 4.69) is 26.0 Å². The van der Waals surface area contributed by atoms with Crippen molar-refractivity contribution in [1.29, 1.82) is 0 Å². The van der Waals surface area contributed by atoms with Gasteiger partial charge < -0.3 is 0 Å². The summed E-state index contributed by atoms with van der Waals surface area (Å²) in [5.74, 6) is 0. The number of hydrogen-bond donors (Lipinski definition) is 2. The minimum absolute atomic E-state index is 0.582. The molecule has 0 spiro atoms. The molecule has 6 heteroatoms. The maximum absolute atomic E-state index is 6.28. The second-order valence-electron chi connectivity index (χ2n) is 5.91. The zero-order chi connectivity index (χ0) is 19.1. The van der Waals surface area contributed by atoms with Gasteiger partial charge in [0, 0.05) is 5.02 Å². The van der Waals surface area contributed by atoms with Crippen LogP contribution in [-0.4, -0.2) is 16.4 Å². The molecule has 0 saturated heterocycles. The third kappa shape index (κ3) is 5.39. The van der Waals surface area contributed by atoms with Crippen LogP contribution in [0.5, 0.6) is 0 Å². The molecule has 0 radical (unpaired) electrons. The van der Waals surface area contributed by atoms with E-state index < -0.39 is 0 Å². The third-order valence-corrected chi connectivity index (χ3v) is 4.00. The van der Waals surface area contributed by atoms with Crippen molar-refractivity contribution in [3.05, 3.63) is 89.2 Å². The van der Waals surface area contributed by atoms with Crippen molar-refractivity contribution < 1.29 is 0 Å². The quantitative estimate of drug-likeness (QED) is 0.446. The van der Waals surface area contributed by atoms with Gasteiger partial charge in [0.1, 0.15) is 0 Å². The smallest absolute Gasteiger partial charge is 0.0882 e. The lowest BCUT2D eigenvalue weighted by molar-refractivity contribution is 1.21. The van der Waals surface area contributed by atoms with E-state index in [1.807, 2.05) is 74.5 Å². The number of hydrogen-bond acceptors (Lipinski definition) is 5. The Labute approximate surface area is 163 Å². The highest BCUT2D eigenvalue weighted by Crippen LogP contribution is 2.15. The lowest BCUT2D eigenvalue weighted by atomic mass is 10.2. The van der Waals surface area contributed by atoms with Gasteiger partial charge in [-0.2, -0.15) is 10.2 Å². The van der Waals surface area contributed by atoms with Crippen molar-refractivity contribution in [3.8, 4) is 0 Å². The van der Waals surface area contributed by atoms with Crippen LogP contribution < -0.4 is 10.9 Å². The van der Waals surface area contributed by atoms with Crippen LogP contribution in [-0.2, 0) is 0 Å². The van der Waals surface area contributed by atoms with Gasteiger partial charge in [0.2, 0.25) is 0 Å². The van der Waals surface area contributed by atoms with Gasteiger partial charge in [0.25, 0.3) is 0 Å². The fourth-order valence-corrected chi connectivity index (χ4v) is 2.51. The zero-order valence-corrected chi connectivity index (χ0v) is 15.9. The SMILES string of the molecule is CC(=NNc1ccccc1)c1cc(Cl)cc(C(C)=NNc2ccccc2)n1. The van der Waals surface area contributed by atoms with Crippen LogP contribution in [0.15, 0.2) is 83.0 Å². The molecule has 5 nitrogen and oxygen atoms in total. The summed E-state index contributed by atoms with van der Waals surface area (Å²) in [5.41, 5.74) is 10.7. The second kappa shape index (κ2) is 8.96. The van der Waals surface area contributed by atoms with E-state index in [9.17, 15) is 0 Å². The minimum Gasteiger partial charge on any atom is -0.278 e. The molecule has 0 unspecified atom stereocenters. The molecule has 0 saturated carbocycles. The van der Waals surface area contributed by atoms with Gasteiger partial charge >= 0.3 is 0 Å². The first-order chi connectivity index (χ1) is 13.1. The topological polar surface area (TPSA) is 61.7 Å². The van der Waals surface area contributed by atoms with Crippen LogP contribution in [0.2, 0.25) is 5.02 Å². The van der Waals surface area contributed by atoms with Crippen molar-refractivity contribution in [1.82, 2.24) is 4.98 Å². The molecule has 0 bridgehead atoms. The average molecular weight is 378 g/mol. The number of hydrazone groups is 2. The number of para-hydroxylation sites is 2. The third-order valence-electron chi connectivity index (χ3n) is 3.78. The number of anilines is 2. The van der Waals surface area contributed by atoms with Gasteiger partial charge in [-0.15, -0.1) is 0 Å². The Balaban J connectivity index is 1.79. The molecule has 0 aliphatic rings. The van der Waals surface area contributed by atoms with Crippen LogP contribution in [0.3, 0.4) is 0 Å². The summed E-state index contributed by atoms with van der Waals surface area (Å²) >= 11 is 6.28. The molecule has 27 heavy (non-hydrogen) atoms. The average Bonchev–Trinajstić information content (AvgIpc) is 2.71. The Bertz CT molecular complexity index is 877. The van der Waals surface area contributed by atoms with Crippen LogP contribution in [0.1, 0.15) is 25.2 Å². The van der Waals surface area contributed by atoms with Gasteiger partial charge in [0.05, 0.1) is 34.2 Å². The fourth-order valence-electron chi connectivity index (χ4n) is 2.30. The molecule has 2 aromatic carbocycles. The largest absolute Gasteiger partial charge is 0.278 e. The Morgan fingerprint density at radius 3 is 1.56 bits per heavy atom. The molecular formula is C21H20ClN5. The number of nitrogens with one attached hydrogen (secondary N) is 2. The number of nitrogens with zero attached hydrogens (tertiary/aromatic N) is 3. The molecule has 0 aliphatic carbocycles. The number of rotatable bonds is 6. The van der Waals surface area contributed by atoms with E-state index in [1.54, 1.807) is 12.1 Å². The molecular weight excluding hydrogens is 358 g/mol. The predicted molar refractivity (Wildman–Crippen MR) is 114 cm³/mol. The molecule has 0 amide bonds. The normalized spacial score (nSPS) is 12.0. The predicted octanol–water partition coefficient (Wildman–Crippen LogP) is 5.41. The molecule has 0 atom stereocenters. The van der Waals surface area contributed by atoms with Crippen molar-refractivity contribution in [2.75, 3.05) is 10.9 Å². The van der Waals surface area contributed by atoms with Crippen molar-refractivity contribution in [2.24, 2.45) is 10.2 Å². The number of aromatic nitrogens is 1. The number of pyridine rings is 1. The molecule has 1 aromatic heterocycles. The lowest BCUT2D eigenvalue weighted by Crippen LogP contribution is -2.08. The van der Waals surface area contributed by atoms with Gasteiger partial charge in [-0.3, -0.25) is 10.9 Å². The molecule has 0 fully saturated rings. The Morgan fingerprint density at radius 2 is 1.15 bits per heavy atom. The van der Waals surface area contributed by atoms with E-state index >= 15 is 0 Å². The minimum atomic E-state index is 0.582. The first kappa shape index (κ1) is 18.6. The summed E-state index contributed by atoms with van der Waals surface area (Å²) in [6.45, 7) is 3.76. The molecule has 0 aliphatic heterocycles. The maximum Gasteiger partial charge on any atom is 0.0882 e. The van der Waals surface area contributed by atoms with E-state index in [1.165, 1.54) is 0 Å². The molecule has 136 valence electrons. The Morgan fingerprint density at radius 1 is 0.741 bits per heavy atom. The first-order valence-corrected chi connectivity index (χ1v) is 8.88. The number of halogens is 1. The van der Waals surface area contributed by atoms with Gasteiger partial charge in [-0.25, -0.2) is 4.98 Å². The van der Waals surface area contributed by atoms with Crippen LogP contribution >= 0.6 is 11.6 Å². The second-order valence-corrected chi connectivity index (χ2v) is 6.34. The standard InChI is InChI=1S/C21H20ClN5/c1-15(24-26-18-9-5-3-6-10-18)20-13-17(22)14-21(23-20)16(2)25-27-19-11-7-4-8-12-19/h3-14,26-27H,1-2H3. The highest BCUT2D eigenvalue weighted by atomic mass is 35.5. The zero-order valence-electron chi connectivity index (χ0n) is 15.1.